The molecule has 0 bridgehead atoms. The molecule has 16 heavy (non-hydrogen) atoms. The van der Waals surface area contributed by atoms with E-state index in [1.54, 1.807) is 19.2 Å². The average molecular weight is 220 g/mol. The summed E-state index contributed by atoms with van der Waals surface area (Å²) < 4.78 is 1.46. The summed E-state index contributed by atoms with van der Waals surface area (Å²) in [6.45, 7) is 0. The molecule has 0 unspecified atom stereocenters. The quantitative estimate of drug-likeness (QED) is 0.608. The summed E-state index contributed by atoms with van der Waals surface area (Å²) >= 11 is 0. The molecule has 0 amide bonds. The maximum Gasteiger partial charge on any atom is 0.269 e. The number of aryl methyl sites for hydroxylation is 1. The molecule has 0 saturated heterocycles. The number of hydrogen-bond acceptors (Lipinski definition) is 6. The third-order valence-electron chi connectivity index (χ3n) is 1.95. The molecule has 0 aliphatic heterocycles. The van der Waals surface area contributed by atoms with Gasteiger partial charge in [-0.05, 0) is 22.6 Å². The summed E-state index contributed by atoms with van der Waals surface area (Å²) in [4.78, 5) is 9.98. The summed E-state index contributed by atoms with van der Waals surface area (Å²) in [6, 6.07) is 6.00. The molecular formula is C8H8N6O2. The molecule has 0 aliphatic rings. The highest BCUT2D eigenvalue weighted by molar-refractivity contribution is 5.55. The van der Waals surface area contributed by atoms with Gasteiger partial charge in [-0.2, -0.15) is 0 Å². The number of nitrogens with zero attached hydrogens (tertiary/aromatic N) is 5. The Bertz CT molecular complexity index is 506. The lowest BCUT2D eigenvalue weighted by molar-refractivity contribution is -0.384. The Labute approximate surface area is 90.0 Å². The number of rotatable bonds is 3. The first kappa shape index (κ1) is 10.0. The number of nitro groups is 1. The molecule has 1 N–H and O–H groups in total. The van der Waals surface area contributed by atoms with E-state index in [1.165, 1.54) is 16.8 Å². The fourth-order valence-electron chi connectivity index (χ4n) is 1.13. The van der Waals surface area contributed by atoms with Crippen molar-refractivity contribution in [1.82, 2.24) is 20.2 Å². The smallest absolute Gasteiger partial charge is 0.269 e. The van der Waals surface area contributed by atoms with Crippen molar-refractivity contribution in [2.24, 2.45) is 7.05 Å². The van der Waals surface area contributed by atoms with E-state index in [0.717, 1.165) is 0 Å². The largest absolute Gasteiger partial charge is 0.323 e. The topological polar surface area (TPSA) is 98.8 Å². The van der Waals surface area contributed by atoms with E-state index in [1.807, 2.05) is 0 Å². The van der Waals surface area contributed by atoms with Crippen LogP contribution >= 0.6 is 0 Å². The van der Waals surface area contributed by atoms with Gasteiger partial charge in [-0.25, -0.2) is 4.68 Å². The SMILES string of the molecule is Cn1nnnc1Nc1ccc([N+](=O)[O-])cc1. The van der Waals surface area contributed by atoms with Gasteiger partial charge >= 0.3 is 0 Å². The van der Waals surface area contributed by atoms with Crippen LogP contribution < -0.4 is 5.32 Å². The minimum absolute atomic E-state index is 0.0432. The second kappa shape index (κ2) is 3.93. The van der Waals surface area contributed by atoms with Crippen LogP contribution in [0, 0.1) is 10.1 Å². The van der Waals surface area contributed by atoms with Gasteiger partial charge in [0.1, 0.15) is 0 Å². The number of hydrogen-bond donors (Lipinski definition) is 1. The molecule has 0 fully saturated rings. The molecule has 8 nitrogen and oxygen atoms in total. The van der Waals surface area contributed by atoms with Crippen LogP contribution in [0.3, 0.4) is 0 Å². The summed E-state index contributed by atoms with van der Waals surface area (Å²) in [6.07, 6.45) is 0. The molecule has 0 spiro atoms. The molecule has 1 heterocycles. The van der Waals surface area contributed by atoms with Gasteiger partial charge in [0.05, 0.1) is 4.92 Å². The van der Waals surface area contributed by atoms with Crippen LogP contribution in [0.15, 0.2) is 24.3 Å². The lowest BCUT2D eigenvalue weighted by Gasteiger charge is -2.02. The third kappa shape index (κ3) is 1.95. The number of nitro benzene ring substituents is 1. The first-order chi connectivity index (χ1) is 7.66. The Morgan fingerprint density at radius 1 is 1.38 bits per heavy atom. The van der Waals surface area contributed by atoms with Gasteiger partial charge in [-0.15, -0.1) is 0 Å². The highest BCUT2D eigenvalue weighted by Crippen LogP contribution is 2.17. The van der Waals surface area contributed by atoms with Gasteiger partial charge in [0, 0.05) is 24.9 Å². The maximum absolute atomic E-state index is 10.4. The van der Waals surface area contributed by atoms with Gasteiger partial charge < -0.3 is 5.32 Å². The van der Waals surface area contributed by atoms with E-state index in [9.17, 15) is 10.1 Å². The lowest BCUT2D eigenvalue weighted by Crippen LogP contribution is -2.00. The highest BCUT2D eigenvalue weighted by atomic mass is 16.6. The number of aromatic nitrogens is 4. The highest BCUT2D eigenvalue weighted by Gasteiger charge is 2.05. The summed E-state index contributed by atoms with van der Waals surface area (Å²) in [5.74, 6) is 0.467. The van der Waals surface area contributed by atoms with E-state index in [0.29, 0.717) is 11.6 Å². The zero-order chi connectivity index (χ0) is 11.5. The van der Waals surface area contributed by atoms with Gasteiger partial charge in [-0.3, -0.25) is 10.1 Å². The Kier molecular flexibility index (Phi) is 2.46. The molecule has 2 rings (SSSR count). The molecular weight excluding hydrogens is 212 g/mol. The summed E-state index contributed by atoms with van der Waals surface area (Å²) in [7, 11) is 1.69. The summed E-state index contributed by atoms with van der Waals surface area (Å²) in [5.41, 5.74) is 0.727. The van der Waals surface area contributed by atoms with Crippen molar-refractivity contribution >= 4 is 17.3 Å². The van der Waals surface area contributed by atoms with Gasteiger partial charge in [-0.1, -0.05) is 5.10 Å². The Hall–Kier alpha value is -2.51. The zero-order valence-corrected chi connectivity index (χ0v) is 8.36. The van der Waals surface area contributed by atoms with Crippen LogP contribution in [0.5, 0.6) is 0 Å². The standard InChI is InChI=1S/C8H8N6O2/c1-13-8(10-11-12-13)9-6-2-4-7(5-3-6)14(15)16/h2-5H,1H3,(H,9,10,12). The molecule has 1 aromatic heterocycles. The van der Waals surface area contributed by atoms with Crippen LogP contribution in [0.1, 0.15) is 0 Å². The monoisotopic (exact) mass is 220 g/mol. The van der Waals surface area contributed by atoms with Crippen LogP contribution in [-0.4, -0.2) is 25.1 Å². The van der Waals surface area contributed by atoms with Crippen molar-refractivity contribution < 1.29 is 4.92 Å². The van der Waals surface area contributed by atoms with Crippen LogP contribution in [0.25, 0.3) is 0 Å². The van der Waals surface area contributed by atoms with Crippen LogP contribution in [-0.2, 0) is 7.05 Å². The molecule has 8 heteroatoms. The molecule has 0 aliphatic carbocycles. The van der Waals surface area contributed by atoms with Crippen molar-refractivity contribution in [3.63, 3.8) is 0 Å². The van der Waals surface area contributed by atoms with Crippen molar-refractivity contribution in [2.45, 2.75) is 0 Å². The van der Waals surface area contributed by atoms with Crippen LogP contribution in [0.4, 0.5) is 17.3 Å². The predicted octanol–water partition coefficient (Wildman–Crippen LogP) is 0.862. The van der Waals surface area contributed by atoms with Gasteiger partial charge in [0.2, 0.25) is 5.95 Å². The Morgan fingerprint density at radius 3 is 2.56 bits per heavy atom. The van der Waals surface area contributed by atoms with Crippen molar-refractivity contribution in [3.8, 4) is 0 Å². The molecule has 1 aromatic carbocycles. The molecule has 0 radical (unpaired) electrons. The second-order valence-electron chi connectivity index (χ2n) is 3.06. The van der Waals surface area contributed by atoms with E-state index in [2.05, 4.69) is 20.8 Å². The molecule has 2 aromatic rings. The number of benzene rings is 1. The van der Waals surface area contributed by atoms with E-state index in [-0.39, 0.29) is 5.69 Å². The van der Waals surface area contributed by atoms with Gasteiger partial charge in [0.15, 0.2) is 0 Å². The molecule has 0 saturated carbocycles. The third-order valence-corrected chi connectivity index (χ3v) is 1.95. The number of anilines is 2. The van der Waals surface area contributed by atoms with E-state index >= 15 is 0 Å². The maximum atomic E-state index is 10.4. The summed E-state index contributed by atoms with van der Waals surface area (Å²) in [5, 5.41) is 24.2. The minimum atomic E-state index is -0.451. The molecule has 0 atom stereocenters. The van der Waals surface area contributed by atoms with E-state index in [4.69, 9.17) is 0 Å². The second-order valence-corrected chi connectivity index (χ2v) is 3.06. The van der Waals surface area contributed by atoms with E-state index < -0.39 is 4.92 Å². The Morgan fingerprint density at radius 2 is 2.06 bits per heavy atom. The number of non-ortho nitro benzene ring substituents is 1. The normalized spacial score (nSPS) is 10.1. The van der Waals surface area contributed by atoms with Crippen molar-refractivity contribution in [2.75, 3.05) is 5.32 Å². The van der Waals surface area contributed by atoms with Crippen LogP contribution in [0.2, 0.25) is 0 Å². The first-order valence-electron chi connectivity index (χ1n) is 4.40. The fourth-order valence-corrected chi connectivity index (χ4v) is 1.13. The number of nitrogens with one attached hydrogen (secondary N) is 1. The fraction of sp³-hybridized carbons (Fsp3) is 0.125. The first-order valence-corrected chi connectivity index (χ1v) is 4.40. The number of tetrazole rings is 1. The lowest BCUT2D eigenvalue weighted by atomic mass is 10.3. The van der Waals surface area contributed by atoms with Crippen molar-refractivity contribution in [1.29, 1.82) is 0 Å². The Balaban J connectivity index is 2.17. The minimum Gasteiger partial charge on any atom is -0.323 e. The van der Waals surface area contributed by atoms with Crippen molar-refractivity contribution in [3.05, 3.63) is 34.4 Å². The predicted molar refractivity (Wildman–Crippen MR) is 55.2 cm³/mol. The van der Waals surface area contributed by atoms with Gasteiger partial charge in [0.25, 0.3) is 5.69 Å². The zero-order valence-electron chi connectivity index (χ0n) is 8.36. The molecule has 82 valence electrons. The average Bonchev–Trinajstić information content (AvgIpc) is 2.65.